The van der Waals surface area contributed by atoms with Crippen LogP contribution in [0.5, 0.6) is 0 Å². The van der Waals surface area contributed by atoms with E-state index in [1.807, 2.05) is 24.3 Å². The average Bonchev–Trinajstić information content (AvgIpc) is 2.84. The zero-order chi connectivity index (χ0) is 13.7. The van der Waals surface area contributed by atoms with Gasteiger partial charge in [-0.25, -0.2) is 4.79 Å². The Morgan fingerprint density at radius 2 is 2.05 bits per heavy atom. The zero-order valence-electron chi connectivity index (χ0n) is 10.5. The Morgan fingerprint density at radius 3 is 2.74 bits per heavy atom. The van der Waals surface area contributed by atoms with Crippen molar-refractivity contribution in [2.45, 2.75) is 13.1 Å². The second-order valence-corrected chi connectivity index (χ2v) is 6.51. The number of esters is 1. The molecule has 0 radical (unpaired) electrons. The minimum atomic E-state index is -0.295. The van der Waals surface area contributed by atoms with Crippen LogP contribution in [0.2, 0.25) is 0 Å². The predicted octanol–water partition coefficient (Wildman–Crippen LogP) is 3.59. The number of carbonyl (C=O) groups is 1. The number of nitrogens with one attached hydrogen (secondary N) is 1. The molecule has 3 nitrogen and oxygen atoms in total. The summed E-state index contributed by atoms with van der Waals surface area (Å²) in [6.45, 7) is 1.42. The molecule has 0 aliphatic heterocycles. The molecule has 0 fully saturated rings. The highest BCUT2D eigenvalue weighted by Gasteiger charge is 2.10. The highest BCUT2D eigenvalue weighted by atomic mass is 79.9. The number of benzene rings is 1. The Bertz CT molecular complexity index is 568. The Balaban J connectivity index is 1.97. The average molecular weight is 340 g/mol. The van der Waals surface area contributed by atoms with E-state index in [2.05, 4.69) is 27.3 Å². The summed E-state index contributed by atoms with van der Waals surface area (Å²) < 4.78 is 5.90. The van der Waals surface area contributed by atoms with Crippen molar-refractivity contribution in [3.63, 3.8) is 0 Å². The van der Waals surface area contributed by atoms with Gasteiger partial charge >= 0.3 is 5.97 Å². The van der Waals surface area contributed by atoms with Crippen LogP contribution in [0.3, 0.4) is 0 Å². The maximum absolute atomic E-state index is 11.6. The number of hydrogen-bond donors (Lipinski definition) is 1. The second-order valence-electron chi connectivity index (χ2n) is 3.96. The van der Waals surface area contributed by atoms with Crippen LogP contribution in [0.15, 0.2) is 40.2 Å². The summed E-state index contributed by atoms with van der Waals surface area (Å²) in [5, 5.41) is 3.33. The first kappa shape index (κ1) is 14.2. The summed E-state index contributed by atoms with van der Waals surface area (Å²) in [4.78, 5) is 12.9. The smallest absolute Gasteiger partial charge is 0.338 e. The lowest BCUT2D eigenvalue weighted by atomic mass is 10.1. The van der Waals surface area contributed by atoms with Gasteiger partial charge in [0.2, 0.25) is 0 Å². The van der Waals surface area contributed by atoms with Gasteiger partial charge in [-0.1, -0.05) is 18.2 Å². The number of methoxy groups -OCH3 is 1. The summed E-state index contributed by atoms with van der Waals surface area (Å²) in [7, 11) is 1.40. The van der Waals surface area contributed by atoms with Gasteiger partial charge < -0.3 is 10.1 Å². The third-order valence-electron chi connectivity index (χ3n) is 2.67. The van der Waals surface area contributed by atoms with E-state index in [0.29, 0.717) is 12.1 Å². The molecule has 5 heteroatoms. The molecule has 2 aromatic rings. The first-order chi connectivity index (χ1) is 9.20. The lowest BCUT2D eigenvalue weighted by molar-refractivity contribution is 0.0599. The first-order valence-electron chi connectivity index (χ1n) is 5.82. The largest absolute Gasteiger partial charge is 0.465 e. The predicted molar refractivity (Wildman–Crippen MR) is 80.3 cm³/mol. The number of hydrogen-bond acceptors (Lipinski definition) is 4. The van der Waals surface area contributed by atoms with E-state index >= 15 is 0 Å². The van der Waals surface area contributed by atoms with Gasteiger partial charge in [0.25, 0.3) is 0 Å². The Morgan fingerprint density at radius 1 is 1.26 bits per heavy atom. The molecule has 0 unspecified atom stereocenters. The molecule has 1 heterocycles. The fourth-order valence-electron chi connectivity index (χ4n) is 1.75. The van der Waals surface area contributed by atoms with Crippen molar-refractivity contribution >= 4 is 33.2 Å². The highest BCUT2D eigenvalue weighted by molar-refractivity contribution is 9.11. The van der Waals surface area contributed by atoms with Crippen LogP contribution in [0.1, 0.15) is 20.8 Å². The van der Waals surface area contributed by atoms with Gasteiger partial charge in [-0.3, -0.25) is 0 Å². The summed E-state index contributed by atoms with van der Waals surface area (Å²) in [6, 6.07) is 11.6. The van der Waals surface area contributed by atoms with E-state index in [1.54, 1.807) is 17.4 Å². The summed E-state index contributed by atoms with van der Waals surface area (Å²) in [6.07, 6.45) is 0. The van der Waals surface area contributed by atoms with Gasteiger partial charge in [-0.2, -0.15) is 0 Å². The summed E-state index contributed by atoms with van der Waals surface area (Å²) in [5.41, 5.74) is 1.56. The van der Waals surface area contributed by atoms with Crippen LogP contribution < -0.4 is 5.32 Å². The normalized spacial score (nSPS) is 10.4. The van der Waals surface area contributed by atoms with Crippen molar-refractivity contribution in [3.05, 3.63) is 56.2 Å². The van der Waals surface area contributed by atoms with Crippen molar-refractivity contribution in [2.75, 3.05) is 7.11 Å². The van der Waals surface area contributed by atoms with E-state index in [9.17, 15) is 4.79 Å². The van der Waals surface area contributed by atoms with Crippen LogP contribution in [-0.4, -0.2) is 13.1 Å². The molecule has 19 heavy (non-hydrogen) atoms. The Hall–Kier alpha value is -1.17. The molecule has 0 saturated heterocycles. The quantitative estimate of drug-likeness (QED) is 0.846. The third-order valence-corrected chi connectivity index (χ3v) is 4.29. The number of ether oxygens (including phenoxy) is 1. The van der Waals surface area contributed by atoms with Gasteiger partial charge in [0.15, 0.2) is 0 Å². The fraction of sp³-hybridized carbons (Fsp3) is 0.214. The molecule has 0 bridgehead atoms. The topological polar surface area (TPSA) is 38.3 Å². The van der Waals surface area contributed by atoms with Gasteiger partial charge in [0.1, 0.15) is 0 Å². The van der Waals surface area contributed by atoms with Gasteiger partial charge in [0, 0.05) is 18.0 Å². The van der Waals surface area contributed by atoms with Crippen LogP contribution in [0.25, 0.3) is 0 Å². The number of thiophene rings is 1. The molecule has 0 aliphatic rings. The molecule has 0 amide bonds. The van der Waals surface area contributed by atoms with Gasteiger partial charge in [0.05, 0.1) is 16.5 Å². The van der Waals surface area contributed by atoms with Crippen LogP contribution in [0.4, 0.5) is 0 Å². The summed E-state index contributed by atoms with van der Waals surface area (Å²) in [5.74, 6) is -0.295. The van der Waals surface area contributed by atoms with E-state index in [4.69, 9.17) is 4.74 Å². The zero-order valence-corrected chi connectivity index (χ0v) is 12.9. The van der Waals surface area contributed by atoms with Crippen molar-refractivity contribution in [1.82, 2.24) is 5.32 Å². The van der Waals surface area contributed by atoms with Gasteiger partial charge in [-0.05, 0) is 39.7 Å². The Kier molecular flexibility index (Phi) is 5.13. The molecule has 0 atom stereocenters. The third kappa shape index (κ3) is 3.89. The van der Waals surface area contributed by atoms with Crippen molar-refractivity contribution in [2.24, 2.45) is 0 Å². The molecule has 1 aromatic heterocycles. The lowest BCUT2D eigenvalue weighted by Crippen LogP contribution is -2.15. The molecule has 0 saturated carbocycles. The lowest BCUT2D eigenvalue weighted by Gasteiger charge is -2.08. The SMILES string of the molecule is COC(=O)c1ccccc1CNCc1ccc(Br)s1. The van der Waals surface area contributed by atoms with Crippen molar-refractivity contribution < 1.29 is 9.53 Å². The first-order valence-corrected chi connectivity index (χ1v) is 7.43. The second kappa shape index (κ2) is 6.84. The number of halogens is 1. The van der Waals surface area contributed by atoms with Gasteiger partial charge in [-0.15, -0.1) is 11.3 Å². The van der Waals surface area contributed by atoms with Crippen molar-refractivity contribution in [3.8, 4) is 0 Å². The Labute approximate surface area is 124 Å². The van der Waals surface area contributed by atoms with Crippen LogP contribution in [0, 0.1) is 0 Å². The molecular formula is C14H14BrNO2S. The molecule has 1 aromatic carbocycles. The fourth-order valence-corrected chi connectivity index (χ4v) is 3.20. The number of carbonyl (C=O) groups excluding carboxylic acids is 1. The monoisotopic (exact) mass is 339 g/mol. The van der Waals surface area contributed by atoms with E-state index in [0.717, 1.165) is 15.9 Å². The minimum absolute atomic E-state index is 0.295. The van der Waals surface area contributed by atoms with Crippen LogP contribution >= 0.6 is 27.3 Å². The maximum Gasteiger partial charge on any atom is 0.338 e. The minimum Gasteiger partial charge on any atom is -0.465 e. The molecule has 100 valence electrons. The summed E-state index contributed by atoms with van der Waals surface area (Å²) >= 11 is 5.14. The van der Waals surface area contributed by atoms with E-state index in [1.165, 1.54) is 12.0 Å². The molecule has 2 rings (SSSR count). The maximum atomic E-state index is 11.6. The highest BCUT2D eigenvalue weighted by Crippen LogP contribution is 2.21. The van der Waals surface area contributed by atoms with Crippen LogP contribution in [-0.2, 0) is 17.8 Å². The molecule has 1 N–H and O–H groups in total. The standard InChI is InChI=1S/C14H14BrNO2S/c1-18-14(17)12-5-3-2-4-10(12)8-16-9-11-6-7-13(15)19-11/h2-7,16H,8-9H2,1H3. The molecule has 0 aliphatic carbocycles. The van der Waals surface area contributed by atoms with E-state index in [-0.39, 0.29) is 5.97 Å². The molecular weight excluding hydrogens is 326 g/mol. The number of rotatable bonds is 5. The van der Waals surface area contributed by atoms with Crippen molar-refractivity contribution in [1.29, 1.82) is 0 Å². The molecule has 0 spiro atoms. The van der Waals surface area contributed by atoms with E-state index < -0.39 is 0 Å².